The fraction of sp³-hybridized carbons (Fsp3) is 0.500. The molecule has 0 spiro atoms. The summed E-state index contributed by atoms with van der Waals surface area (Å²) >= 11 is 0. The summed E-state index contributed by atoms with van der Waals surface area (Å²) in [5.41, 5.74) is 0.327. The van der Waals surface area contributed by atoms with Gasteiger partial charge in [0.15, 0.2) is 35.5 Å². The maximum atomic E-state index is 14.8. The Labute approximate surface area is 162 Å². The number of nitrogens with zero attached hydrogens (tertiary/aromatic N) is 4. The summed E-state index contributed by atoms with van der Waals surface area (Å²) in [6.45, 7) is 1.58. The number of carbonyl (C=O) groups is 2. The average Bonchev–Trinajstić information content (AvgIpc) is 3.15. The van der Waals surface area contributed by atoms with Crippen LogP contribution in [0.1, 0.15) is 20.1 Å². The normalized spacial score (nSPS) is 24.6. The van der Waals surface area contributed by atoms with Gasteiger partial charge in [0.1, 0.15) is 12.4 Å². The van der Waals surface area contributed by atoms with Crippen molar-refractivity contribution >= 4 is 36.7 Å². The number of esters is 1. The first kappa shape index (κ1) is 21.2. The topological polar surface area (TPSA) is 175 Å². The van der Waals surface area contributed by atoms with Crippen LogP contribution in [0.25, 0.3) is 11.2 Å². The number of phosphoric acid groups is 1. The van der Waals surface area contributed by atoms with Crippen LogP contribution in [0.3, 0.4) is 0 Å². The summed E-state index contributed by atoms with van der Waals surface area (Å²) in [7, 11) is -4.87. The van der Waals surface area contributed by atoms with Gasteiger partial charge in [-0.1, -0.05) is 0 Å². The molecule has 1 fully saturated rings. The zero-order chi connectivity index (χ0) is 21.3. The van der Waals surface area contributed by atoms with E-state index in [4.69, 9.17) is 19.3 Å². The van der Waals surface area contributed by atoms with Crippen molar-refractivity contribution in [1.29, 1.82) is 0 Å². The van der Waals surface area contributed by atoms with Crippen LogP contribution in [0.4, 0.5) is 10.2 Å². The molecule has 1 saturated heterocycles. The van der Waals surface area contributed by atoms with Crippen molar-refractivity contribution in [2.75, 3.05) is 11.9 Å². The van der Waals surface area contributed by atoms with Gasteiger partial charge >= 0.3 is 13.8 Å². The number of alkyl halides is 1. The van der Waals surface area contributed by atoms with Gasteiger partial charge in [-0.3, -0.25) is 18.7 Å². The maximum absolute atomic E-state index is 14.8. The molecule has 0 aliphatic carbocycles. The lowest BCUT2D eigenvalue weighted by molar-refractivity contribution is -0.154. The molecule has 13 nitrogen and oxygen atoms in total. The van der Waals surface area contributed by atoms with Gasteiger partial charge in [0.05, 0.1) is 12.9 Å². The number of aromatic nitrogens is 4. The minimum atomic E-state index is -4.87. The number of anilines is 1. The molecule has 1 aliphatic rings. The number of phosphoric ester groups is 1. The number of fused-ring (bicyclic) bond motifs is 1. The molecule has 15 heteroatoms. The molecule has 0 radical (unpaired) electrons. The lowest BCUT2D eigenvalue weighted by atomic mass is 10.1. The van der Waals surface area contributed by atoms with Gasteiger partial charge in [0.25, 0.3) is 0 Å². The highest BCUT2D eigenvalue weighted by molar-refractivity contribution is 7.46. The molecule has 3 heterocycles. The van der Waals surface area contributed by atoms with Gasteiger partial charge in [-0.15, -0.1) is 0 Å². The number of hydrogen-bond acceptors (Lipinski definition) is 9. The van der Waals surface area contributed by atoms with E-state index in [0.717, 1.165) is 13.3 Å². The average molecular weight is 433 g/mol. The molecule has 4 atom stereocenters. The lowest BCUT2D eigenvalue weighted by Gasteiger charge is -2.20. The van der Waals surface area contributed by atoms with E-state index in [-0.39, 0.29) is 17.0 Å². The van der Waals surface area contributed by atoms with Crippen LogP contribution >= 0.6 is 7.82 Å². The summed E-state index contributed by atoms with van der Waals surface area (Å²) in [6.07, 6.45) is -3.75. The van der Waals surface area contributed by atoms with E-state index in [0.29, 0.717) is 0 Å². The summed E-state index contributed by atoms with van der Waals surface area (Å²) in [5, 5.41) is 2.48. The Bertz CT molecular complexity index is 980. The van der Waals surface area contributed by atoms with Gasteiger partial charge in [0.2, 0.25) is 5.91 Å². The Morgan fingerprint density at radius 3 is 2.69 bits per heavy atom. The van der Waals surface area contributed by atoms with E-state index < -0.39 is 50.9 Å². The number of nitrogens with one attached hydrogen (secondary N) is 1. The first-order chi connectivity index (χ1) is 13.6. The SMILES string of the molecule is CC(=O)Nc1ncnc2c1ncn2[C@@H]1O[C@H](COP(=O)(O)O)[C@H](F)[C@@H]1OC(C)=O. The molecule has 29 heavy (non-hydrogen) atoms. The first-order valence-corrected chi connectivity index (χ1v) is 9.72. The van der Waals surface area contributed by atoms with Crippen molar-refractivity contribution in [3.8, 4) is 0 Å². The fourth-order valence-electron chi connectivity index (χ4n) is 2.84. The number of amides is 1. The monoisotopic (exact) mass is 433 g/mol. The molecule has 0 unspecified atom stereocenters. The van der Waals surface area contributed by atoms with Crippen LogP contribution in [0.5, 0.6) is 0 Å². The Morgan fingerprint density at radius 1 is 1.34 bits per heavy atom. The van der Waals surface area contributed by atoms with E-state index in [2.05, 4.69) is 24.8 Å². The van der Waals surface area contributed by atoms with Gasteiger partial charge in [-0.25, -0.2) is 23.9 Å². The summed E-state index contributed by atoms with van der Waals surface area (Å²) in [4.78, 5) is 52.4. The molecule has 3 N–H and O–H groups in total. The molecule has 2 aromatic rings. The number of hydrogen-bond donors (Lipinski definition) is 3. The third kappa shape index (κ3) is 4.74. The highest BCUT2D eigenvalue weighted by atomic mass is 31.2. The number of halogens is 1. The van der Waals surface area contributed by atoms with Crippen LogP contribution in [0.15, 0.2) is 12.7 Å². The Balaban J connectivity index is 1.95. The Morgan fingerprint density at radius 2 is 2.07 bits per heavy atom. The number of rotatable bonds is 6. The van der Waals surface area contributed by atoms with Gasteiger partial charge in [-0.2, -0.15) is 0 Å². The van der Waals surface area contributed by atoms with Crippen LogP contribution in [0, 0.1) is 0 Å². The van der Waals surface area contributed by atoms with Crippen molar-refractivity contribution < 1.29 is 42.3 Å². The van der Waals surface area contributed by atoms with Crippen LogP contribution < -0.4 is 5.32 Å². The van der Waals surface area contributed by atoms with Crippen LogP contribution in [-0.2, 0) is 28.2 Å². The zero-order valence-electron chi connectivity index (χ0n) is 15.1. The second-order valence-electron chi connectivity index (χ2n) is 6.10. The highest BCUT2D eigenvalue weighted by Crippen LogP contribution is 2.40. The molecule has 158 valence electrons. The number of ether oxygens (including phenoxy) is 2. The molecule has 0 saturated carbocycles. The van der Waals surface area contributed by atoms with Crippen LogP contribution in [0.2, 0.25) is 0 Å². The predicted octanol–water partition coefficient (Wildman–Crippen LogP) is 0.0612. The molecule has 3 rings (SSSR count). The second-order valence-corrected chi connectivity index (χ2v) is 7.34. The summed E-state index contributed by atoms with van der Waals surface area (Å²) < 4.78 is 41.8. The summed E-state index contributed by atoms with van der Waals surface area (Å²) in [6, 6.07) is 0. The molecular weight excluding hydrogens is 416 g/mol. The molecule has 1 amide bonds. The van der Waals surface area contributed by atoms with E-state index in [1.54, 1.807) is 0 Å². The fourth-order valence-corrected chi connectivity index (χ4v) is 3.18. The number of imidazole rings is 1. The number of carbonyl (C=O) groups excluding carboxylic acids is 2. The van der Waals surface area contributed by atoms with Crippen molar-refractivity contribution in [2.24, 2.45) is 0 Å². The van der Waals surface area contributed by atoms with Crippen LogP contribution in [-0.4, -0.2) is 66.2 Å². The quantitative estimate of drug-likeness (QED) is 0.415. The molecule has 2 aromatic heterocycles. The Kier molecular flexibility index (Phi) is 5.91. The minimum Gasteiger partial charge on any atom is -0.454 e. The third-order valence-corrected chi connectivity index (χ3v) is 4.39. The summed E-state index contributed by atoms with van der Waals surface area (Å²) in [5.74, 6) is -1.07. The van der Waals surface area contributed by atoms with Crippen molar-refractivity contribution in [3.05, 3.63) is 12.7 Å². The van der Waals surface area contributed by atoms with E-state index in [1.165, 1.54) is 17.8 Å². The maximum Gasteiger partial charge on any atom is 0.469 e. The van der Waals surface area contributed by atoms with Gasteiger partial charge < -0.3 is 24.6 Å². The van der Waals surface area contributed by atoms with Gasteiger partial charge in [-0.05, 0) is 0 Å². The van der Waals surface area contributed by atoms with Crippen molar-refractivity contribution in [1.82, 2.24) is 19.5 Å². The highest BCUT2D eigenvalue weighted by Gasteiger charge is 2.49. The molecule has 1 aliphatic heterocycles. The minimum absolute atomic E-state index is 0.112. The Hall–Kier alpha value is -2.51. The smallest absolute Gasteiger partial charge is 0.454 e. The predicted molar refractivity (Wildman–Crippen MR) is 92.0 cm³/mol. The second kappa shape index (κ2) is 8.08. The van der Waals surface area contributed by atoms with E-state index >= 15 is 0 Å². The first-order valence-electron chi connectivity index (χ1n) is 8.19. The molecule has 0 bridgehead atoms. The zero-order valence-corrected chi connectivity index (χ0v) is 16.0. The van der Waals surface area contributed by atoms with Crippen molar-refractivity contribution in [2.45, 2.75) is 38.5 Å². The molecular formula is C14H17FN5O8P. The lowest BCUT2D eigenvalue weighted by Crippen LogP contribution is -2.33. The standard InChI is InChI=1S/C14H17FN5O8P/c1-6(21)19-12-10-13(17-4-16-12)20(5-18-10)14-11(27-7(2)22)9(15)8(28-14)3-26-29(23,24)25/h4-5,8-9,11,14H,3H2,1-2H3,(H2,23,24,25)(H,16,17,19,21)/t8-,9+,11+,14-/m1/s1. The van der Waals surface area contributed by atoms with E-state index in [9.17, 15) is 18.5 Å². The molecule has 0 aromatic carbocycles. The largest absolute Gasteiger partial charge is 0.469 e. The van der Waals surface area contributed by atoms with Gasteiger partial charge in [0, 0.05) is 13.8 Å². The third-order valence-electron chi connectivity index (χ3n) is 3.90. The van der Waals surface area contributed by atoms with E-state index in [1.807, 2.05) is 0 Å². The van der Waals surface area contributed by atoms with Crippen molar-refractivity contribution in [3.63, 3.8) is 0 Å².